The van der Waals surface area contributed by atoms with E-state index in [1.165, 1.54) is 6.42 Å². The van der Waals surface area contributed by atoms with Crippen molar-refractivity contribution in [2.75, 3.05) is 13.1 Å². The zero-order valence-corrected chi connectivity index (χ0v) is 11.0. The predicted molar refractivity (Wildman–Crippen MR) is 67.4 cm³/mol. The minimum absolute atomic E-state index is 0. The Bertz CT molecular complexity index is 260. The van der Waals surface area contributed by atoms with Gasteiger partial charge in [-0.2, -0.15) is 0 Å². The predicted octanol–water partition coefficient (Wildman–Crippen LogP) is 1.36. The smallest absolute Gasteiger partial charge is 0.320 e. The summed E-state index contributed by atoms with van der Waals surface area (Å²) in [6, 6.07) is -0.365. The number of carboxylic acids is 1. The molecular formula is C12H22ClNO3. The number of aliphatic carboxylic acids is 1. The number of aliphatic hydroxyl groups is 1. The Balaban J connectivity index is 0.00000144. The van der Waals surface area contributed by atoms with E-state index in [1.54, 1.807) is 0 Å². The maximum atomic E-state index is 11.1. The third-order valence-corrected chi connectivity index (χ3v) is 4.17. The summed E-state index contributed by atoms with van der Waals surface area (Å²) in [5.74, 6) is -0.140. The van der Waals surface area contributed by atoms with Gasteiger partial charge in [-0.3, -0.25) is 9.69 Å². The minimum Gasteiger partial charge on any atom is -0.480 e. The molecule has 0 aromatic carbocycles. The number of fused-ring (bicyclic) bond motifs is 2. The summed E-state index contributed by atoms with van der Waals surface area (Å²) >= 11 is 0. The Hall–Kier alpha value is -0.320. The molecule has 100 valence electrons. The summed E-state index contributed by atoms with van der Waals surface area (Å²) in [5, 5.41) is 19.2. The second-order valence-corrected chi connectivity index (χ2v) is 5.16. The van der Waals surface area contributed by atoms with Gasteiger partial charge in [0.25, 0.3) is 0 Å². The Morgan fingerprint density at radius 1 is 1.35 bits per heavy atom. The van der Waals surface area contributed by atoms with Gasteiger partial charge in [-0.25, -0.2) is 0 Å². The number of aliphatic hydroxyl groups excluding tert-OH is 1. The van der Waals surface area contributed by atoms with E-state index < -0.39 is 5.97 Å². The summed E-state index contributed by atoms with van der Waals surface area (Å²) in [5.41, 5.74) is 0. The van der Waals surface area contributed by atoms with Crippen molar-refractivity contribution >= 4 is 18.4 Å². The zero-order valence-electron chi connectivity index (χ0n) is 10.2. The van der Waals surface area contributed by atoms with Crippen molar-refractivity contribution in [3.63, 3.8) is 0 Å². The summed E-state index contributed by atoms with van der Waals surface area (Å²) in [6.45, 7) is 3.42. The zero-order chi connectivity index (χ0) is 11.7. The van der Waals surface area contributed by atoms with Crippen LogP contribution in [0.4, 0.5) is 0 Å². The first-order valence-corrected chi connectivity index (χ1v) is 6.28. The molecule has 1 saturated heterocycles. The molecule has 1 aliphatic heterocycles. The lowest BCUT2D eigenvalue weighted by Gasteiger charge is -2.46. The van der Waals surface area contributed by atoms with Gasteiger partial charge in [0, 0.05) is 13.1 Å². The Morgan fingerprint density at radius 3 is 2.29 bits per heavy atom. The van der Waals surface area contributed by atoms with Gasteiger partial charge in [-0.15, -0.1) is 12.4 Å². The fourth-order valence-electron chi connectivity index (χ4n) is 3.29. The minimum atomic E-state index is -0.725. The van der Waals surface area contributed by atoms with Crippen molar-refractivity contribution < 1.29 is 15.0 Å². The van der Waals surface area contributed by atoms with Gasteiger partial charge in [-0.1, -0.05) is 13.3 Å². The van der Waals surface area contributed by atoms with E-state index in [4.69, 9.17) is 5.11 Å². The van der Waals surface area contributed by atoms with Crippen LogP contribution < -0.4 is 0 Å². The average Bonchev–Trinajstić information content (AvgIpc) is 2.19. The molecule has 3 atom stereocenters. The summed E-state index contributed by atoms with van der Waals surface area (Å²) < 4.78 is 0. The van der Waals surface area contributed by atoms with E-state index in [0.717, 1.165) is 25.9 Å². The molecule has 2 bridgehead atoms. The third-order valence-electron chi connectivity index (χ3n) is 4.17. The molecule has 2 fully saturated rings. The summed E-state index contributed by atoms with van der Waals surface area (Å²) in [7, 11) is 0. The van der Waals surface area contributed by atoms with Crippen LogP contribution in [-0.2, 0) is 4.79 Å². The van der Waals surface area contributed by atoms with E-state index in [1.807, 2.05) is 6.92 Å². The maximum absolute atomic E-state index is 11.1. The maximum Gasteiger partial charge on any atom is 0.320 e. The standard InChI is InChI=1S/C12H21NO3.ClH/c1-2-10(12(15)16)13-6-8-4-3-5-9(7-13)11(8)14;/h8-11,14H,2-7H2,1H3,(H,15,16);1H. The third kappa shape index (κ3) is 2.92. The first-order valence-electron chi connectivity index (χ1n) is 6.28. The molecule has 0 radical (unpaired) electrons. The molecule has 0 spiro atoms. The topological polar surface area (TPSA) is 60.8 Å². The van der Waals surface area contributed by atoms with Crippen molar-refractivity contribution in [3.05, 3.63) is 0 Å². The molecule has 0 aromatic heterocycles. The van der Waals surface area contributed by atoms with Crippen LogP contribution in [0.5, 0.6) is 0 Å². The molecule has 4 nitrogen and oxygen atoms in total. The molecule has 2 N–H and O–H groups in total. The number of hydrogen-bond acceptors (Lipinski definition) is 3. The Morgan fingerprint density at radius 2 is 1.88 bits per heavy atom. The second kappa shape index (κ2) is 6.03. The van der Waals surface area contributed by atoms with Crippen LogP contribution in [0.1, 0.15) is 32.6 Å². The Kier molecular flexibility index (Phi) is 5.22. The quantitative estimate of drug-likeness (QED) is 0.807. The SMILES string of the molecule is CCC(C(=O)O)N1CC2CCCC(C1)C2O.Cl. The highest BCUT2D eigenvalue weighted by Gasteiger charge is 2.41. The number of rotatable bonds is 3. The first kappa shape index (κ1) is 14.7. The second-order valence-electron chi connectivity index (χ2n) is 5.16. The van der Waals surface area contributed by atoms with Crippen LogP contribution in [0, 0.1) is 11.8 Å². The summed E-state index contributed by atoms with van der Waals surface area (Å²) in [4.78, 5) is 13.2. The van der Waals surface area contributed by atoms with Crippen LogP contribution >= 0.6 is 12.4 Å². The van der Waals surface area contributed by atoms with Gasteiger partial charge in [0.05, 0.1) is 6.10 Å². The number of likely N-dealkylation sites (tertiary alicyclic amines) is 1. The number of halogens is 1. The van der Waals surface area contributed by atoms with Crippen molar-refractivity contribution in [1.82, 2.24) is 4.90 Å². The lowest BCUT2D eigenvalue weighted by atomic mass is 9.75. The van der Waals surface area contributed by atoms with Crippen molar-refractivity contribution in [1.29, 1.82) is 0 Å². The summed E-state index contributed by atoms with van der Waals surface area (Å²) in [6.07, 6.45) is 3.72. The number of piperidine rings is 1. The van der Waals surface area contributed by atoms with Crippen molar-refractivity contribution in [2.24, 2.45) is 11.8 Å². The molecule has 1 heterocycles. The van der Waals surface area contributed by atoms with E-state index in [2.05, 4.69) is 4.90 Å². The monoisotopic (exact) mass is 263 g/mol. The number of hydrogen-bond donors (Lipinski definition) is 2. The molecule has 1 saturated carbocycles. The molecule has 2 rings (SSSR count). The van der Waals surface area contributed by atoms with Gasteiger partial charge < -0.3 is 10.2 Å². The first-order chi connectivity index (χ1) is 7.63. The van der Waals surface area contributed by atoms with Crippen molar-refractivity contribution in [2.45, 2.75) is 44.8 Å². The van der Waals surface area contributed by atoms with Gasteiger partial charge in [-0.05, 0) is 31.1 Å². The number of carboxylic acid groups (broad SMARTS) is 1. The van der Waals surface area contributed by atoms with Gasteiger partial charge >= 0.3 is 5.97 Å². The fraction of sp³-hybridized carbons (Fsp3) is 0.917. The lowest BCUT2D eigenvalue weighted by Crippen LogP contribution is -2.56. The van der Waals surface area contributed by atoms with Crippen LogP contribution in [-0.4, -0.2) is 46.3 Å². The number of carbonyl (C=O) groups is 1. The van der Waals surface area contributed by atoms with E-state index in [-0.39, 0.29) is 24.6 Å². The molecule has 0 aromatic rings. The average molecular weight is 264 g/mol. The fourth-order valence-corrected chi connectivity index (χ4v) is 3.29. The van der Waals surface area contributed by atoms with E-state index >= 15 is 0 Å². The molecule has 1 aliphatic carbocycles. The molecule has 5 heteroatoms. The Labute approximate surface area is 108 Å². The molecule has 3 unspecified atom stereocenters. The highest BCUT2D eigenvalue weighted by molar-refractivity contribution is 5.85. The van der Waals surface area contributed by atoms with E-state index in [9.17, 15) is 9.90 Å². The highest BCUT2D eigenvalue weighted by atomic mass is 35.5. The highest BCUT2D eigenvalue weighted by Crippen LogP contribution is 2.35. The van der Waals surface area contributed by atoms with Crippen LogP contribution in [0.3, 0.4) is 0 Å². The molecule has 17 heavy (non-hydrogen) atoms. The van der Waals surface area contributed by atoms with Crippen LogP contribution in [0.2, 0.25) is 0 Å². The van der Waals surface area contributed by atoms with Gasteiger partial charge in [0.15, 0.2) is 0 Å². The largest absolute Gasteiger partial charge is 0.480 e. The molecule has 0 amide bonds. The lowest BCUT2D eigenvalue weighted by molar-refractivity contribution is -0.147. The van der Waals surface area contributed by atoms with E-state index in [0.29, 0.717) is 18.3 Å². The number of nitrogens with zero attached hydrogens (tertiary/aromatic N) is 1. The van der Waals surface area contributed by atoms with Gasteiger partial charge in [0.2, 0.25) is 0 Å². The molecule has 2 aliphatic rings. The normalized spacial score (nSPS) is 34.8. The van der Waals surface area contributed by atoms with Crippen LogP contribution in [0.25, 0.3) is 0 Å². The van der Waals surface area contributed by atoms with Gasteiger partial charge in [0.1, 0.15) is 6.04 Å². The molecular weight excluding hydrogens is 242 g/mol. The van der Waals surface area contributed by atoms with Crippen molar-refractivity contribution in [3.8, 4) is 0 Å². The van der Waals surface area contributed by atoms with Crippen LogP contribution in [0.15, 0.2) is 0 Å².